The van der Waals surface area contributed by atoms with Crippen molar-refractivity contribution in [3.05, 3.63) is 64.3 Å². The minimum atomic E-state index is -3.83. The van der Waals surface area contributed by atoms with Crippen molar-refractivity contribution in [2.75, 3.05) is 16.6 Å². The molecule has 1 aromatic heterocycles. The van der Waals surface area contributed by atoms with Gasteiger partial charge in [-0.2, -0.15) is 0 Å². The van der Waals surface area contributed by atoms with E-state index in [9.17, 15) is 13.2 Å². The molecule has 1 amide bonds. The highest BCUT2D eigenvalue weighted by molar-refractivity contribution is 9.10. The quantitative estimate of drug-likeness (QED) is 0.335. The molecule has 1 heterocycles. The van der Waals surface area contributed by atoms with Crippen molar-refractivity contribution in [2.24, 2.45) is 5.92 Å². The normalized spacial score (nSPS) is 11.2. The number of sulfonamides is 1. The number of nitrogens with zero attached hydrogens (tertiary/aromatic N) is 1. The maximum atomic E-state index is 12.5. The van der Waals surface area contributed by atoms with E-state index in [0.717, 1.165) is 0 Å². The molecule has 0 aliphatic heterocycles. The van der Waals surface area contributed by atoms with E-state index in [1.807, 2.05) is 13.8 Å². The van der Waals surface area contributed by atoms with Crippen LogP contribution < -0.4 is 20.1 Å². The van der Waals surface area contributed by atoms with Crippen LogP contribution in [-0.4, -0.2) is 31.2 Å². The topological polar surface area (TPSA) is 123 Å². The van der Waals surface area contributed by atoms with Crippen molar-refractivity contribution in [1.29, 1.82) is 0 Å². The van der Waals surface area contributed by atoms with Gasteiger partial charge in [0.1, 0.15) is 11.5 Å². The number of hydrogen-bond acceptors (Lipinski definition) is 7. The number of nitrogens with one attached hydrogen (secondary N) is 3. The van der Waals surface area contributed by atoms with Crippen LogP contribution in [0.15, 0.2) is 62.4 Å². The number of hydrogen-bond donors (Lipinski definition) is 3. The molecule has 0 saturated heterocycles. The Morgan fingerprint density at radius 1 is 1.18 bits per heavy atom. The molecule has 34 heavy (non-hydrogen) atoms. The van der Waals surface area contributed by atoms with Gasteiger partial charge in [-0.3, -0.25) is 14.8 Å². The van der Waals surface area contributed by atoms with Crippen LogP contribution >= 0.6 is 28.1 Å². The third-order valence-electron chi connectivity index (χ3n) is 4.28. The zero-order valence-electron chi connectivity index (χ0n) is 18.6. The molecule has 0 aliphatic carbocycles. The predicted molar refractivity (Wildman–Crippen MR) is 137 cm³/mol. The zero-order valence-corrected chi connectivity index (χ0v) is 21.8. The summed E-state index contributed by atoms with van der Waals surface area (Å²) in [5.74, 6) is 1.20. The van der Waals surface area contributed by atoms with Gasteiger partial charge in [0.25, 0.3) is 15.9 Å². The number of thiocarbonyl (C=S) groups is 1. The van der Waals surface area contributed by atoms with Gasteiger partial charge in [0.15, 0.2) is 10.9 Å². The molecule has 3 N–H and O–H groups in total. The Morgan fingerprint density at radius 3 is 2.47 bits per heavy atom. The number of benzene rings is 2. The summed E-state index contributed by atoms with van der Waals surface area (Å²) in [6, 6.07) is 12.3. The monoisotopic (exact) mass is 566 g/mol. The number of ether oxygens (including phenoxy) is 1. The van der Waals surface area contributed by atoms with Crippen molar-refractivity contribution in [3.63, 3.8) is 0 Å². The maximum Gasteiger partial charge on any atom is 0.263 e. The van der Waals surface area contributed by atoms with Gasteiger partial charge < -0.3 is 14.6 Å². The molecular weight excluding hydrogens is 544 g/mol. The van der Waals surface area contributed by atoms with Crippen LogP contribution in [0.4, 0.5) is 11.5 Å². The molecule has 12 heteroatoms. The molecule has 9 nitrogen and oxygen atoms in total. The number of aryl methyl sites for hydroxylation is 1. The average Bonchev–Trinajstić information content (AvgIpc) is 3.16. The lowest BCUT2D eigenvalue weighted by atomic mass is 10.2. The van der Waals surface area contributed by atoms with E-state index >= 15 is 0 Å². The molecular formula is C22H23BrN4O5S2. The fraction of sp³-hybridized carbons (Fsp3) is 0.227. The number of aromatic nitrogens is 1. The summed E-state index contributed by atoms with van der Waals surface area (Å²) >= 11 is 8.62. The van der Waals surface area contributed by atoms with Crippen molar-refractivity contribution in [2.45, 2.75) is 25.7 Å². The number of rotatable bonds is 8. The summed E-state index contributed by atoms with van der Waals surface area (Å²) < 4.78 is 38.5. The molecule has 0 bridgehead atoms. The molecule has 0 fully saturated rings. The first-order valence-electron chi connectivity index (χ1n) is 10.1. The molecule has 0 spiro atoms. The van der Waals surface area contributed by atoms with Crippen molar-refractivity contribution in [3.8, 4) is 5.75 Å². The van der Waals surface area contributed by atoms with Gasteiger partial charge in [-0.15, -0.1) is 0 Å². The number of anilines is 2. The Morgan fingerprint density at radius 2 is 1.88 bits per heavy atom. The lowest BCUT2D eigenvalue weighted by Crippen LogP contribution is -2.34. The van der Waals surface area contributed by atoms with Gasteiger partial charge in [0.2, 0.25) is 0 Å². The predicted octanol–water partition coefficient (Wildman–Crippen LogP) is 4.71. The smallest absolute Gasteiger partial charge is 0.263 e. The van der Waals surface area contributed by atoms with E-state index in [-0.39, 0.29) is 15.8 Å². The Bertz CT molecular complexity index is 1290. The van der Waals surface area contributed by atoms with E-state index in [1.165, 1.54) is 30.3 Å². The van der Waals surface area contributed by atoms with Gasteiger partial charge >= 0.3 is 0 Å². The summed E-state index contributed by atoms with van der Waals surface area (Å²) in [7, 11) is -3.83. The van der Waals surface area contributed by atoms with Gasteiger partial charge in [-0.1, -0.05) is 19.0 Å². The van der Waals surface area contributed by atoms with Crippen LogP contribution in [0.2, 0.25) is 0 Å². The third-order valence-corrected chi connectivity index (χ3v) is 6.48. The molecule has 0 radical (unpaired) electrons. The van der Waals surface area contributed by atoms with Gasteiger partial charge in [-0.25, -0.2) is 8.42 Å². The average molecular weight is 567 g/mol. The summed E-state index contributed by atoms with van der Waals surface area (Å²) in [4.78, 5) is 12.6. The summed E-state index contributed by atoms with van der Waals surface area (Å²) in [5.41, 5.74) is 0.892. The van der Waals surface area contributed by atoms with E-state index in [0.29, 0.717) is 39.8 Å². The van der Waals surface area contributed by atoms with Crippen LogP contribution in [0.1, 0.15) is 30.0 Å². The number of carbonyl (C=O) groups is 1. The van der Waals surface area contributed by atoms with Crippen molar-refractivity contribution >= 4 is 60.7 Å². The number of halogens is 1. The number of amides is 1. The molecule has 3 rings (SSSR count). The lowest BCUT2D eigenvalue weighted by molar-refractivity contribution is 0.0977. The van der Waals surface area contributed by atoms with E-state index < -0.39 is 15.9 Å². The Labute approximate surface area is 211 Å². The van der Waals surface area contributed by atoms with Crippen LogP contribution in [0.5, 0.6) is 5.75 Å². The molecule has 2 aromatic carbocycles. The standard InChI is InChI=1S/C22H23BrN4O5S2/c1-13(2)12-31-19-9-4-15(11-18(19)23)21(28)25-22(33)24-16-5-7-17(8-6-16)34(29,30)27-20-10-14(3)32-26-20/h4-11,13H,12H2,1-3H3,(H,26,27)(H2,24,25,28,33). The van der Waals surface area contributed by atoms with Crippen molar-refractivity contribution < 1.29 is 22.5 Å². The van der Waals surface area contributed by atoms with E-state index in [1.54, 1.807) is 25.1 Å². The van der Waals surface area contributed by atoms with E-state index in [4.69, 9.17) is 21.5 Å². The second kappa shape index (κ2) is 11.0. The van der Waals surface area contributed by atoms with Crippen LogP contribution in [-0.2, 0) is 10.0 Å². The number of carbonyl (C=O) groups excluding carboxylic acids is 1. The maximum absolute atomic E-state index is 12.5. The molecule has 0 atom stereocenters. The van der Waals surface area contributed by atoms with E-state index in [2.05, 4.69) is 36.4 Å². The zero-order chi connectivity index (χ0) is 24.9. The molecule has 0 unspecified atom stereocenters. The van der Waals surface area contributed by atoms with Gasteiger partial charge in [0, 0.05) is 17.3 Å². The van der Waals surface area contributed by atoms with Crippen LogP contribution in [0.3, 0.4) is 0 Å². The molecule has 180 valence electrons. The summed E-state index contributed by atoms with van der Waals surface area (Å²) in [5, 5.41) is 9.13. The Kier molecular flexibility index (Phi) is 8.28. The minimum absolute atomic E-state index is 0.0262. The first kappa shape index (κ1) is 25.7. The third kappa shape index (κ3) is 7.02. The minimum Gasteiger partial charge on any atom is -0.492 e. The highest BCUT2D eigenvalue weighted by Crippen LogP contribution is 2.26. The highest BCUT2D eigenvalue weighted by atomic mass is 79.9. The molecule has 0 saturated carbocycles. The van der Waals surface area contributed by atoms with Gasteiger partial charge in [-0.05, 0) is 83.5 Å². The van der Waals surface area contributed by atoms with Crippen molar-refractivity contribution in [1.82, 2.24) is 10.5 Å². The Balaban J connectivity index is 1.58. The van der Waals surface area contributed by atoms with Gasteiger partial charge in [0.05, 0.1) is 16.0 Å². The summed E-state index contributed by atoms with van der Waals surface area (Å²) in [6.45, 7) is 6.32. The van der Waals surface area contributed by atoms with Crippen LogP contribution in [0.25, 0.3) is 0 Å². The fourth-order valence-corrected chi connectivity index (χ4v) is 4.37. The largest absolute Gasteiger partial charge is 0.492 e. The highest BCUT2D eigenvalue weighted by Gasteiger charge is 2.17. The SMILES string of the molecule is Cc1cc(NS(=O)(=O)c2ccc(NC(=S)NC(=O)c3ccc(OCC(C)C)c(Br)c3)cc2)no1. The second-order valence-corrected chi connectivity index (χ2v) is 10.7. The van der Waals surface area contributed by atoms with Crippen LogP contribution in [0, 0.1) is 12.8 Å². The fourth-order valence-electron chi connectivity index (χ4n) is 2.68. The Hall–Kier alpha value is -2.96. The first-order valence-corrected chi connectivity index (χ1v) is 12.8. The second-order valence-electron chi connectivity index (χ2n) is 7.71. The lowest BCUT2D eigenvalue weighted by Gasteiger charge is -2.13. The first-order chi connectivity index (χ1) is 16.0. The molecule has 0 aliphatic rings. The summed E-state index contributed by atoms with van der Waals surface area (Å²) in [6.07, 6.45) is 0. The molecule has 3 aromatic rings.